The van der Waals surface area contributed by atoms with Crippen LogP contribution in [0.1, 0.15) is 12.8 Å². The molecule has 0 aromatic heterocycles. The molecule has 3 nitrogen and oxygen atoms in total. The maximum Gasteiger partial charge on any atom is 0.133 e. The first-order valence-electron chi connectivity index (χ1n) is 4.66. The van der Waals surface area contributed by atoms with Crippen molar-refractivity contribution in [3.63, 3.8) is 0 Å². The lowest BCUT2D eigenvalue weighted by atomic mass is 9.83. The molecule has 2 rings (SSSR count). The summed E-state index contributed by atoms with van der Waals surface area (Å²) in [4.78, 5) is 13.1. The molecule has 68 valence electrons. The summed E-state index contributed by atoms with van der Waals surface area (Å²) in [5, 5.41) is 0. The number of nitrogens with zero attached hydrogens (tertiary/aromatic N) is 1. The number of hydrogen-bond donors (Lipinski definition) is 0. The molecule has 1 saturated heterocycles. The zero-order chi connectivity index (χ0) is 8.39. The molecule has 0 atom stereocenters. The highest BCUT2D eigenvalue weighted by atomic mass is 16.5. The zero-order valence-electron chi connectivity index (χ0n) is 7.29. The smallest absolute Gasteiger partial charge is 0.133 e. The van der Waals surface area contributed by atoms with Crippen molar-refractivity contribution >= 4 is 5.78 Å². The largest absolute Gasteiger partial charge is 0.379 e. The predicted octanol–water partition coefficient (Wildman–Crippen LogP) is 0.298. The van der Waals surface area contributed by atoms with Crippen molar-refractivity contribution in [3.05, 3.63) is 0 Å². The van der Waals surface area contributed by atoms with E-state index >= 15 is 0 Å². The van der Waals surface area contributed by atoms with Gasteiger partial charge >= 0.3 is 0 Å². The van der Waals surface area contributed by atoms with Gasteiger partial charge in [0, 0.05) is 32.5 Å². The lowest BCUT2D eigenvalue weighted by Crippen LogP contribution is -2.42. The van der Waals surface area contributed by atoms with Gasteiger partial charge in [0.1, 0.15) is 5.78 Å². The normalized spacial score (nSPS) is 27.2. The summed E-state index contributed by atoms with van der Waals surface area (Å²) in [6, 6.07) is 0. The van der Waals surface area contributed by atoms with E-state index in [1.807, 2.05) is 0 Å². The van der Waals surface area contributed by atoms with Crippen LogP contribution < -0.4 is 0 Å². The lowest BCUT2D eigenvalue weighted by molar-refractivity contribution is -0.127. The van der Waals surface area contributed by atoms with Crippen LogP contribution in [0.15, 0.2) is 0 Å². The summed E-state index contributed by atoms with van der Waals surface area (Å²) in [6.07, 6.45) is 1.63. The third-order valence-electron chi connectivity index (χ3n) is 2.65. The Morgan fingerprint density at radius 3 is 2.58 bits per heavy atom. The third kappa shape index (κ3) is 1.84. The van der Waals surface area contributed by atoms with E-state index in [0.717, 1.165) is 45.7 Å². The lowest BCUT2D eigenvalue weighted by Gasteiger charge is -2.33. The molecule has 0 N–H and O–H groups in total. The van der Waals surface area contributed by atoms with Gasteiger partial charge in [-0.25, -0.2) is 0 Å². The Labute approximate surface area is 72.7 Å². The Morgan fingerprint density at radius 1 is 1.33 bits per heavy atom. The molecule has 1 heterocycles. The van der Waals surface area contributed by atoms with Crippen LogP contribution in [0.5, 0.6) is 0 Å². The first-order chi connectivity index (χ1) is 5.84. The molecule has 3 heteroatoms. The first kappa shape index (κ1) is 8.20. The summed E-state index contributed by atoms with van der Waals surface area (Å²) in [7, 11) is 0. The number of morpholine rings is 1. The van der Waals surface area contributed by atoms with E-state index in [-0.39, 0.29) is 0 Å². The van der Waals surface area contributed by atoms with E-state index in [4.69, 9.17) is 4.74 Å². The van der Waals surface area contributed by atoms with Gasteiger partial charge in [-0.3, -0.25) is 9.69 Å². The van der Waals surface area contributed by atoms with Gasteiger partial charge in [0.25, 0.3) is 0 Å². The van der Waals surface area contributed by atoms with Crippen LogP contribution in [0.3, 0.4) is 0 Å². The Morgan fingerprint density at radius 2 is 2.00 bits per heavy atom. The van der Waals surface area contributed by atoms with Crippen molar-refractivity contribution in [2.75, 3.05) is 32.8 Å². The third-order valence-corrected chi connectivity index (χ3v) is 2.65. The second-order valence-corrected chi connectivity index (χ2v) is 3.73. The molecule has 0 amide bonds. The van der Waals surface area contributed by atoms with Gasteiger partial charge in [-0.15, -0.1) is 0 Å². The monoisotopic (exact) mass is 169 g/mol. The van der Waals surface area contributed by atoms with Crippen molar-refractivity contribution < 1.29 is 9.53 Å². The average Bonchev–Trinajstić information content (AvgIpc) is 2.04. The highest BCUT2D eigenvalue weighted by Crippen LogP contribution is 2.23. The van der Waals surface area contributed by atoms with Crippen molar-refractivity contribution in [1.82, 2.24) is 4.90 Å². The van der Waals surface area contributed by atoms with Crippen molar-refractivity contribution in [2.45, 2.75) is 12.8 Å². The Bertz CT molecular complexity index is 167. The summed E-state index contributed by atoms with van der Waals surface area (Å²) < 4.78 is 5.25. The van der Waals surface area contributed by atoms with Crippen LogP contribution in [0.4, 0.5) is 0 Å². The van der Waals surface area contributed by atoms with Crippen molar-refractivity contribution in [2.24, 2.45) is 5.92 Å². The van der Waals surface area contributed by atoms with Gasteiger partial charge in [-0.1, -0.05) is 0 Å². The average molecular weight is 169 g/mol. The maximum absolute atomic E-state index is 10.7. The van der Waals surface area contributed by atoms with Crippen molar-refractivity contribution in [1.29, 1.82) is 0 Å². The molecule has 1 saturated carbocycles. The molecule has 2 fully saturated rings. The van der Waals surface area contributed by atoms with Crippen LogP contribution in [-0.2, 0) is 9.53 Å². The van der Waals surface area contributed by atoms with E-state index in [0.29, 0.717) is 11.7 Å². The molecular weight excluding hydrogens is 154 g/mol. The van der Waals surface area contributed by atoms with E-state index < -0.39 is 0 Å². The molecule has 1 aliphatic heterocycles. The quantitative estimate of drug-likeness (QED) is 0.595. The number of rotatable bonds is 2. The Kier molecular flexibility index (Phi) is 2.42. The molecule has 12 heavy (non-hydrogen) atoms. The molecule has 0 unspecified atom stereocenters. The number of Topliss-reactive ketones (excluding diaryl/α,β-unsaturated/α-hetero) is 1. The van der Waals surface area contributed by atoms with Gasteiger partial charge in [-0.05, 0) is 5.92 Å². The maximum atomic E-state index is 10.7. The van der Waals surface area contributed by atoms with Gasteiger partial charge in [0.05, 0.1) is 13.2 Å². The fraction of sp³-hybridized carbons (Fsp3) is 0.889. The number of carbonyl (C=O) groups excluding carboxylic acids is 1. The summed E-state index contributed by atoms with van der Waals surface area (Å²) in [5.74, 6) is 1.09. The zero-order valence-corrected chi connectivity index (χ0v) is 7.29. The Hall–Kier alpha value is -0.410. The van der Waals surface area contributed by atoms with E-state index in [1.165, 1.54) is 0 Å². The fourth-order valence-electron chi connectivity index (χ4n) is 1.86. The molecule has 0 aromatic carbocycles. The van der Waals surface area contributed by atoms with Gasteiger partial charge < -0.3 is 4.74 Å². The molecule has 0 spiro atoms. The van der Waals surface area contributed by atoms with Crippen LogP contribution in [0, 0.1) is 5.92 Å². The van der Waals surface area contributed by atoms with Gasteiger partial charge in [0.2, 0.25) is 0 Å². The molecule has 0 aromatic rings. The standard InChI is InChI=1S/C9H15NO2/c11-9-5-8(6-9)7-10-1-3-12-4-2-10/h8H,1-7H2. The second kappa shape index (κ2) is 3.54. The predicted molar refractivity (Wildman–Crippen MR) is 45.0 cm³/mol. The minimum Gasteiger partial charge on any atom is -0.379 e. The highest BCUT2D eigenvalue weighted by Gasteiger charge is 2.28. The van der Waals surface area contributed by atoms with Gasteiger partial charge in [0.15, 0.2) is 0 Å². The summed E-state index contributed by atoms with van der Waals surface area (Å²) in [5.41, 5.74) is 0. The molecule has 2 aliphatic rings. The van der Waals surface area contributed by atoms with Crippen LogP contribution in [-0.4, -0.2) is 43.5 Å². The van der Waals surface area contributed by atoms with Crippen LogP contribution in [0.2, 0.25) is 0 Å². The molecule has 1 aliphatic carbocycles. The number of hydrogen-bond acceptors (Lipinski definition) is 3. The van der Waals surface area contributed by atoms with Crippen LogP contribution in [0.25, 0.3) is 0 Å². The van der Waals surface area contributed by atoms with Gasteiger partial charge in [-0.2, -0.15) is 0 Å². The number of ketones is 1. The molecule has 0 bridgehead atoms. The van der Waals surface area contributed by atoms with Crippen LogP contribution >= 0.6 is 0 Å². The van der Waals surface area contributed by atoms with E-state index in [1.54, 1.807) is 0 Å². The fourth-order valence-corrected chi connectivity index (χ4v) is 1.86. The number of ether oxygens (including phenoxy) is 1. The molecular formula is C9H15NO2. The first-order valence-corrected chi connectivity index (χ1v) is 4.66. The van der Waals surface area contributed by atoms with E-state index in [9.17, 15) is 4.79 Å². The number of carbonyl (C=O) groups is 1. The SMILES string of the molecule is O=C1CC(CN2CCOCC2)C1. The summed E-state index contributed by atoms with van der Waals surface area (Å²) >= 11 is 0. The minimum absolute atomic E-state index is 0.438. The Balaban J connectivity index is 1.68. The molecule has 0 radical (unpaired) electrons. The summed E-state index contributed by atoms with van der Waals surface area (Å²) in [6.45, 7) is 4.92. The van der Waals surface area contributed by atoms with Crippen molar-refractivity contribution in [3.8, 4) is 0 Å². The highest BCUT2D eigenvalue weighted by molar-refractivity contribution is 5.84. The second-order valence-electron chi connectivity index (χ2n) is 3.73. The van der Waals surface area contributed by atoms with E-state index in [2.05, 4.69) is 4.90 Å². The minimum atomic E-state index is 0.438. The topological polar surface area (TPSA) is 29.5 Å².